The van der Waals surface area contributed by atoms with E-state index >= 15 is 0 Å². The molecule has 1 aromatic carbocycles. The fourth-order valence-electron chi connectivity index (χ4n) is 2.24. The lowest BCUT2D eigenvalue weighted by molar-refractivity contribution is -0.140. The summed E-state index contributed by atoms with van der Waals surface area (Å²) in [5.74, 6) is -0.569. The van der Waals surface area contributed by atoms with Crippen molar-refractivity contribution in [1.82, 2.24) is 10.6 Å². The van der Waals surface area contributed by atoms with Gasteiger partial charge < -0.3 is 20.5 Å². The number of carbonyl (C=O) groups excluding carboxylic acids is 1. The second-order valence-electron chi connectivity index (χ2n) is 7.25. The van der Waals surface area contributed by atoms with E-state index in [9.17, 15) is 9.59 Å². The molecular weight excluding hydrogens is 308 g/mol. The van der Waals surface area contributed by atoms with Gasteiger partial charge in [0.05, 0.1) is 0 Å². The van der Waals surface area contributed by atoms with Gasteiger partial charge in [-0.3, -0.25) is 0 Å². The Morgan fingerprint density at radius 1 is 1.25 bits per heavy atom. The highest BCUT2D eigenvalue weighted by molar-refractivity contribution is 5.82. The highest BCUT2D eigenvalue weighted by atomic mass is 16.5. The third kappa shape index (κ3) is 5.76. The van der Waals surface area contributed by atoms with Gasteiger partial charge in [0.1, 0.15) is 11.8 Å². The van der Waals surface area contributed by atoms with Crippen molar-refractivity contribution < 1.29 is 19.4 Å². The molecule has 0 bridgehead atoms. The number of benzene rings is 1. The number of aryl methyl sites for hydroxylation is 1. The fraction of sp³-hybridized carbons (Fsp3) is 0.556. The summed E-state index contributed by atoms with van der Waals surface area (Å²) in [4.78, 5) is 22.9. The molecule has 0 heterocycles. The van der Waals surface area contributed by atoms with Crippen LogP contribution in [0.2, 0.25) is 0 Å². The molecule has 0 spiro atoms. The van der Waals surface area contributed by atoms with Crippen LogP contribution in [0.1, 0.15) is 45.7 Å². The minimum atomic E-state index is -1.06. The van der Waals surface area contributed by atoms with Gasteiger partial charge >= 0.3 is 12.0 Å². The summed E-state index contributed by atoms with van der Waals surface area (Å²) >= 11 is 0. The molecule has 0 saturated heterocycles. The van der Waals surface area contributed by atoms with Crippen molar-refractivity contribution in [3.8, 4) is 5.75 Å². The third-order valence-corrected chi connectivity index (χ3v) is 3.62. The van der Waals surface area contributed by atoms with Crippen LogP contribution in [0.15, 0.2) is 18.2 Å². The Labute approximate surface area is 143 Å². The molecule has 0 aliphatic rings. The lowest BCUT2D eigenvalue weighted by atomic mass is 9.85. The smallest absolute Gasteiger partial charge is 0.326 e. The molecule has 1 rings (SSSR count). The lowest BCUT2D eigenvalue weighted by Gasteiger charge is -2.24. The van der Waals surface area contributed by atoms with Crippen molar-refractivity contribution in [2.45, 2.75) is 53.0 Å². The molecule has 0 radical (unpaired) electrons. The summed E-state index contributed by atoms with van der Waals surface area (Å²) in [6.07, 6.45) is 0. The second kappa shape index (κ2) is 8.04. The van der Waals surface area contributed by atoms with Crippen LogP contribution >= 0.6 is 0 Å². The number of carboxylic acids is 1. The Kier molecular flexibility index (Phi) is 6.63. The minimum absolute atomic E-state index is 0.0393. The molecule has 24 heavy (non-hydrogen) atoms. The van der Waals surface area contributed by atoms with Crippen LogP contribution in [0.5, 0.6) is 5.75 Å². The van der Waals surface area contributed by atoms with E-state index in [1.165, 1.54) is 0 Å². The maximum Gasteiger partial charge on any atom is 0.326 e. The third-order valence-electron chi connectivity index (χ3n) is 3.62. The summed E-state index contributed by atoms with van der Waals surface area (Å²) in [5, 5.41) is 14.0. The van der Waals surface area contributed by atoms with Crippen molar-refractivity contribution in [3.63, 3.8) is 0 Å². The van der Waals surface area contributed by atoms with E-state index in [1.807, 2.05) is 19.1 Å². The summed E-state index contributed by atoms with van der Waals surface area (Å²) in [6, 6.07) is 4.39. The van der Waals surface area contributed by atoms with E-state index in [0.717, 1.165) is 11.1 Å². The number of urea groups is 1. The van der Waals surface area contributed by atoms with Gasteiger partial charge in [0.15, 0.2) is 6.73 Å². The molecule has 0 aromatic heterocycles. The first-order chi connectivity index (χ1) is 11.0. The molecule has 0 aliphatic carbocycles. The van der Waals surface area contributed by atoms with Crippen molar-refractivity contribution >= 4 is 12.0 Å². The SMILES string of the molecule is Cc1ccc(OCNC(=O)NC(C(=O)O)C(C)C)c(C(C)(C)C)c1. The van der Waals surface area contributed by atoms with E-state index in [-0.39, 0.29) is 18.1 Å². The van der Waals surface area contributed by atoms with Crippen LogP contribution < -0.4 is 15.4 Å². The first-order valence-electron chi connectivity index (χ1n) is 8.03. The molecule has 2 amide bonds. The number of carboxylic acid groups (broad SMARTS) is 1. The number of rotatable bonds is 6. The van der Waals surface area contributed by atoms with E-state index in [1.54, 1.807) is 13.8 Å². The molecule has 1 aromatic rings. The molecule has 6 heteroatoms. The number of carbonyl (C=O) groups is 2. The summed E-state index contributed by atoms with van der Waals surface area (Å²) < 4.78 is 5.67. The fourth-order valence-corrected chi connectivity index (χ4v) is 2.24. The van der Waals surface area contributed by atoms with Crippen molar-refractivity contribution in [2.75, 3.05) is 6.73 Å². The molecule has 3 N–H and O–H groups in total. The van der Waals surface area contributed by atoms with Gasteiger partial charge in [0, 0.05) is 0 Å². The molecule has 0 fully saturated rings. The zero-order valence-electron chi connectivity index (χ0n) is 15.3. The predicted molar refractivity (Wildman–Crippen MR) is 93.3 cm³/mol. The van der Waals surface area contributed by atoms with E-state index in [2.05, 4.69) is 37.5 Å². The zero-order valence-corrected chi connectivity index (χ0v) is 15.3. The van der Waals surface area contributed by atoms with E-state index in [4.69, 9.17) is 9.84 Å². The molecule has 1 unspecified atom stereocenters. The Balaban J connectivity index is 2.65. The van der Waals surface area contributed by atoms with Crippen LogP contribution in [-0.4, -0.2) is 29.9 Å². The van der Waals surface area contributed by atoms with Gasteiger partial charge in [-0.05, 0) is 29.9 Å². The van der Waals surface area contributed by atoms with E-state index in [0.29, 0.717) is 5.75 Å². The average molecular weight is 336 g/mol. The van der Waals surface area contributed by atoms with Crippen molar-refractivity contribution in [3.05, 3.63) is 29.3 Å². The second-order valence-corrected chi connectivity index (χ2v) is 7.25. The van der Waals surface area contributed by atoms with Crippen molar-refractivity contribution in [1.29, 1.82) is 0 Å². The summed E-state index contributed by atoms with van der Waals surface area (Å²) in [7, 11) is 0. The van der Waals surface area contributed by atoms with Gasteiger partial charge in [0.2, 0.25) is 0 Å². The molecule has 0 aliphatic heterocycles. The maximum atomic E-state index is 11.8. The van der Waals surface area contributed by atoms with Gasteiger partial charge in [-0.25, -0.2) is 9.59 Å². The average Bonchev–Trinajstić information content (AvgIpc) is 2.44. The summed E-state index contributed by atoms with van der Waals surface area (Å²) in [5.41, 5.74) is 2.10. The van der Waals surface area contributed by atoms with Crippen LogP contribution in [0.4, 0.5) is 4.79 Å². The van der Waals surface area contributed by atoms with E-state index < -0.39 is 18.0 Å². The Morgan fingerprint density at radius 2 is 1.88 bits per heavy atom. The number of hydrogen-bond acceptors (Lipinski definition) is 3. The first-order valence-corrected chi connectivity index (χ1v) is 8.03. The first kappa shape index (κ1) is 19.8. The number of nitrogens with one attached hydrogen (secondary N) is 2. The number of ether oxygens (including phenoxy) is 1. The molecule has 1 atom stereocenters. The number of aliphatic carboxylic acids is 1. The largest absolute Gasteiger partial charge is 0.480 e. The molecule has 0 saturated carbocycles. The number of amides is 2. The van der Waals surface area contributed by atoms with Crippen LogP contribution in [0.3, 0.4) is 0 Å². The molecular formula is C18H28N2O4. The standard InChI is InChI=1S/C18H28N2O4/c1-11(2)15(16(21)22)20-17(23)19-10-24-14-8-7-12(3)9-13(14)18(4,5)6/h7-9,11,15H,10H2,1-6H3,(H,21,22)(H2,19,20,23). The molecule has 6 nitrogen and oxygen atoms in total. The van der Waals surface area contributed by atoms with Crippen LogP contribution in [0, 0.1) is 12.8 Å². The maximum absolute atomic E-state index is 11.8. The van der Waals surface area contributed by atoms with Crippen LogP contribution in [-0.2, 0) is 10.2 Å². The van der Waals surface area contributed by atoms with Crippen LogP contribution in [0.25, 0.3) is 0 Å². The highest BCUT2D eigenvalue weighted by Gasteiger charge is 2.23. The predicted octanol–water partition coefficient (Wildman–Crippen LogP) is 3.04. The Bertz CT molecular complexity index is 591. The summed E-state index contributed by atoms with van der Waals surface area (Å²) in [6.45, 7) is 11.7. The van der Waals surface area contributed by atoms with Crippen molar-refractivity contribution in [2.24, 2.45) is 5.92 Å². The Hall–Kier alpha value is -2.24. The van der Waals surface area contributed by atoms with Gasteiger partial charge in [0.25, 0.3) is 0 Å². The Morgan fingerprint density at radius 3 is 2.38 bits per heavy atom. The number of hydrogen-bond donors (Lipinski definition) is 3. The quantitative estimate of drug-likeness (QED) is 0.697. The topological polar surface area (TPSA) is 87.7 Å². The zero-order chi connectivity index (χ0) is 18.5. The minimum Gasteiger partial charge on any atom is -0.480 e. The normalized spacial score (nSPS) is 12.6. The van der Waals surface area contributed by atoms with Gasteiger partial charge in [-0.15, -0.1) is 0 Å². The van der Waals surface area contributed by atoms with Gasteiger partial charge in [-0.2, -0.15) is 0 Å². The highest BCUT2D eigenvalue weighted by Crippen LogP contribution is 2.31. The monoisotopic (exact) mass is 336 g/mol. The molecule has 134 valence electrons. The lowest BCUT2D eigenvalue weighted by Crippen LogP contribution is -2.49. The van der Waals surface area contributed by atoms with Gasteiger partial charge in [-0.1, -0.05) is 52.3 Å².